The van der Waals surface area contributed by atoms with Gasteiger partial charge in [-0.25, -0.2) is 0 Å². The molecule has 0 aromatic heterocycles. The van der Waals surface area contributed by atoms with Crippen molar-refractivity contribution in [1.82, 2.24) is 0 Å². The fraction of sp³-hybridized carbons (Fsp3) is 0.571. The molecule has 0 fully saturated rings. The van der Waals surface area contributed by atoms with Gasteiger partial charge >= 0.3 is 0 Å². The number of benzene rings is 1. The molecule has 0 saturated carbocycles. The topological polar surface area (TPSA) is 43.4 Å². The Balaban J connectivity index is 1.73. The van der Waals surface area contributed by atoms with E-state index < -0.39 is 10.1 Å². The van der Waals surface area contributed by atoms with Crippen molar-refractivity contribution in [2.45, 2.75) is 38.0 Å². The molecule has 0 bridgehead atoms. The summed E-state index contributed by atoms with van der Waals surface area (Å²) in [6.45, 7) is 0.313. The van der Waals surface area contributed by atoms with Crippen molar-refractivity contribution in [2.24, 2.45) is 0 Å². The third kappa shape index (κ3) is 3.82. The summed E-state index contributed by atoms with van der Waals surface area (Å²) in [4.78, 5) is 0. The maximum atomic E-state index is 10.8. The van der Waals surface area contributed by atoms with E-state index in [1.165, 1.54) is 24.0 Å². The molecule has 0 saturated heterocycles. The maximum Gasteiger partial charge on any atom is 0.264 e. The van der Waals surface area contributed by atoms with E-state index in [1.54, 1.807) is 0 Å². The van der Waals surface area contributed by atoms with Crippen LogP contribution < -0.4 is 0 Å². The van der Waals surface area contributed by atoms with Crippen LogP contribution >= 0.6 is 0 Å². The minimum atomic E-state index is -3.27. The zero-order valence-electron chi connectivity index (χ0n) is 10.8. The van der Waals surface area contributed by atoms with E-state index in [0.29, 0.717) is 12.5 Å². The van der Waals surface area contributed by atoms with Gasteiger partial charge in [-0.3, -0.25) is 4.18 Å². The molecule has 0 radical (unpaired) electrons. The van der Waals surface area contributed by atoms with E-state index in [4.69, 9.17) is 4.18 Å². The van der Waals surface area contributed by atoms with Crippen LogP contribution in [0.15, 0.2) is 24.3 Å². The first-order valence-corrected chi connectivity index (χ1v) is 8.30. The average Bonchev–Trinajstić information content (AvgIpc) is 2.71. The molecule has 0 aliphatic heterocycles. The summed E-state index contributed by atoms with van der Waals surface area (Å²) in [6.07, 6.45) is 6.47. The summed E-state index contributed by atoms with van der Waals surface area (Å²) in [5.74, 6) is 0.652. The van der Waals surface area contributed by atoms with Crippen molar-refractivity contribution in [3.63, 3.8) is 0 Å². The minimum absolute atomic E-state index is 0.313. The van der Waals surface area contributed by atoms with Crippen molar-refractivity contribution < 1.29 is 12.6 Å². The van der Waals surface area contributed by atoms with Crippen LogP contribution in [0.2, 0.25) is 0 Å². The Morgan fingerprint density at radius 1 is 1.28 bits per heavy atom. The summed E-state index contributed by atoms with van der Waals surface area (Å²) in [7, 11) is -3.27. The highest BCUT2D eigenvalue weighted by Crippen LogP contribution is 2.36. The summed E-state index contributed by atoms with van der Waals surface area (Å²) in [5.41, 5.74) is 2.97. The van der Waals surface area contributed by atoms with E-state index in [2.05, 4.69) is 24.3 Å². The highest BCUT2D eigenvalue weighted by atomic mass is 32.2. The first kappa shape index (κ1) is 13.6. The van der Waals surface area contributed by atoms with E-state index >= 15 is 0 Å². The monoisotopic (exact) mass is 268 g/mol. The smallest absolute Gasteiger partial charge is 0.264 e. The average molecular weight is 268 g/mol. The van der Waals surface area contributed by atoms with Crippen LogP contribution in [0.25, 0.3) is 0 Å². The Morgan fingerprint density at radius 2 is 2.06 bits per heavy atom. The van der Waals surface area contributed by atoms with Gasteiger partial charge in [-0.05, 0) is 42.7 Å². The fourth-order valence-corrected chi connectivity index (χ4v) is 3.07. The molecular weight excluding hydrogens is 248 g/mol. The molecule has 1 aliphatic carbocycles. The first-order valence-electron chi connectivity index (χ1n) is 6.48. The minimum Gasteiger partial charge on any atom is -0.270 e. The van der Waals surface area contributed by atoms with Crippen LogP contribution in [0.3, 0.4) is 0 Å². The summed E-state index contributed by atoms with van der Waals surface area (Å²) in [5, 5.41) is 0. The van der Waals surface area contributed by atoms with Crippen molar-refractivity contribution in [3.05, 3.63) is 35.4 Å². The van der Waals surface area contributed by atoms with Gasteiger partial charge in [0.05, 0.1) is 12.9 Å². The molecule has 1 aromatic carbocycles. The van der Waals surface area contributed by atoms with E-state index in [1.807, 2.05) is 0 Å². The van der Waals surface area contributed by atoms with Crippen molar-refractivity contribution in [1.29, 1.82) is 0 Å². The largest absolute Gasteiger partial charge is 0.270 e. The van der Waals surface area contributed by atoms with Gasteiger partial charge in [-0.1, -0.05) is 30.7 Å². The lowest BCUT2D eigenvalue weighted by atomic mass is 9.95. The molecule has 1 aromatic rings. The normalized spacial score (nSPS) is 18.8. The van der Waals surface area contributed by atoms with Gasteiger partial charge in [0.25, 0.3) is 10.1 Å². The van der Waals surface area contributed by atoms with Gasteiger partial charge in [0.2, 0.25) is 0 Å². The van der Waals surface area contributed by atoms with Gasteiger partial charge in [-0.15, -0.1) is 0 Å². The van der Waals surface area contributed by atoms with Gasteiger partial charge in [0, 0.05) is 0 Å². The van der Waals surface area contributed by atoms with Gasteiger partial charge in [-0.2, -0.15) is 8.42 Å². The second-order valence-electron chi connectivity index (χ2n) is 4.96. The van der Waals surface area contributed by atoms with Crippen LogP contribution in [0.1, 0.15) is 42.7 Å². The third-order valence-electron chi connectivity index (χ3n) is 3.50. The summed E-state index contributed by atoms with van der Waals surface area (Å²) in [6, 6.07) is 8.63. The van der Waals surface area contributed by atoms with Gasteiger partial charge < -0.3 is 0 Å². The van der Waals surface area contributed by atoms with Crippen LogP contribution in [0.4, 0.5) is 0 Å². The highest BCUT2D eigenvalue weighted by molar-refractivity contribution is 7.85. The highest BCUT2D eigenvalue weighted by Gasteiger charge is 2.20. The SMILES string of the molecule is CS(=O)(=O)OCCCCC1CCc2ccccc21. The number of fused-ring (bicyclic) bond motifs is 1. The van der Waals surface area contributed by atoms with Crippen LogP contribution in [0.5, 0.6) is 0 Å². The Hall–Kier alpha value is -0.870. The second kappa shape index (κ2) is 5.85. The lowest BCUT2D eigenvalue weighted by Crippen LogP contribution is -2.04. The summed E-state index contributed by atoms with van der Waals surface area (Å²) >= 11 is 0. The van der Waals surface area contributed by atoms with E-state index in [0.717, 1.165) is 25.5 Å². The molecule has 3 nitrogen and oxygen atoms in total. The van der Waals surface area contributed by atoms with Crippen molar-refractivity contribution >= 4 is 10.1 Å². The van der Waals surface area contributed by atoms with E-state index in [9.17, 15) is 8.42 Å². The van der Waals surface area contributed by atoms with Crippen molar-refractivity contribution in [2.75, 3.05) is 12.9 Å². The molecule has 1 aliphatic rings. The third-order valence-corrected chi connectivity index (χ3v) is 4.10. The number of rotatable bonds is 6. The summed E-state index contributed by atoms with van der Waals surface area (Å²) < 4.78 is 26.3. The number of hydrogen-bond donors (Lipinski definition) is 0. The lowest BCUT2D eigenvalue weighted by molar-refractivity contribution is 0.308. The molecule has 4 heteroatoms. The second-order valence-corrected chi connectivity index (χ2v) is 6.60. The Morgan fingerprint density at radius 3 is 2.83 bits per heavy atom. The van der Waals surface area contributed by atoms with Crippen molar-refractivity contribution in [3.8, 4) is 0 Å². The number of hydrogen-bond acceptors (Lipinski definition) is 3. The lowest BCUT2D eigenvalue weighted by Gasteiger charge is -2.11. The van der Waals surface area contributed by atoms with Crippen LogP contribution in [-0.4, -0.2) is 21.3 Å². The van der Waals surface area contributed by atoms with E-state index in [-0.39, 0.29) is 0 Å². The molecule has 100 valence electrons. The molecule has 18 heavy (non-hydrogen) atoms. The zero-order valence-corrected chi connectivity index (χ0v) is 11.6. The Kier molecular flexibility index (Phi) is 4.40. The Labute approximate surface area is 109 Å². The maximum absolute atomic E-state index is 10.8. The van der Waals surface area contributed by atoms with Crippen LogP contribution in [0, 0.1) is 0 Å². The molecule has 0 heterocycles. The standard InChI is InChI=1S/C14H20O3S/c1-18(15,16)17-11-5-4-7-13-10-9-12-6-2-3-8-14(12)13/h2-3,6,8,13H,4-5,7,9-11H2,1H3. The molecule has 1 atom stereocenters. The zero-order chi connectivity index (χ0) is 13.0. The molecule has 2 rings (SSSR count). The quantitative estimate of drug-likeness (QED) is 0.588. The molecule has 0 spiro atoms. The predicted molar refractivity (Wildman–Crippen MR) is 72.2 cm³/mol. The molecule has 0 amide bonds. The first-order chi connectivity index (χ1) is 8.56. The molecular formula is C14H20O3S. The van der Waals surface area contributed by atoms with Crippen LogP contribution in [-0.2, 0) is 20.7 Å². The fourth-order valence-electron chi connectivity index (χ4n) is 2.65. The van der Waals surface area contributed by atoms with Gasteiger partial charge in [0.1, 0.15) is 0 Å². The molecule has 1 unspecified atom stereocenters. The molecule has 0 N–H and O–H groups in total. The number of aryl methyl sites for hydroxylation is 1. The predicted octanol–water partition coefficient (Wildman–Crippen LogP) is 2.86. The Bertz CT molecular complexity index is 494. The van der Waals surface area contributed by atoms with Gasteiger partial charge in [0.15, 0.2) is 0 Å². The number of unbranched alkanes of at least 4 members (excludes halogenated alkanes) is 1.